The van der Waals surface area contributed by atoms with Crippen LogP contribution in [-0.2, 0) is 45.7 Å². The maximum Gasteiger partial charge on any atom is 2.00 e. The Hall–Kier alpha value is -4.47. The van der Waals surface area contributed by atoms with Crippen LogP contribution in [0.3, 0.4) is 0 Å². The van der Waals surface area contributed by atoms with Gasteiger partial charge in [-0.1, -0.05) is 90.4 Å². The summed E-state index contributed by atoms with van der Waals surface area (Å²) in [6.07, 6.45) is 8.86. The van der Waals surface area contributed by atoms with Crippen LogP contribution in [0, 0.1) is 18.1 Å². The molecule has 0 aliphatic heterocycles. The standard InChI is InChI=1S/C44H44N4O.Pt/c1-8-31-13-12-14-32(9-2)43(31)33-27-46-47(28-33)35-22-30(21-29(3)4)23-37(25-35)49-36-17-18-39-38-15-10-11-16-40(38)48(41(39)26-36)42-24-34(19-20-45-42)44(5,6)7;/h10-20,22-24,27-29H,8-9,21H2,1-7H3;/q-2;+2. The topological polar surface area (TPSA) is 44.9 Å². The number of aromatic nitrogens is 4. The first kappa shape index (κ1) is 35.4. The molecule has 6 heteroatoms. The SMILES string of the molecule is CCc1cccc(CC)c1-c1cnn(-c2[c-]c(Oc3[c-]c4c(cc3)c3ccccc3n4-c3cc(C(C)(C)C)ccn3)cc(CC(C)C)c2)c1.[Pt+2]. The molecule has 0 saturated heterocycles. The number of aryl methyl sites for hydroxylation is 2. The number of fused-ring (bicyclic) bond motifs is 3. The van der Waals surface area contributed by atoms with Crippen LogP contribution in [0.2, 0.25) is 0 Å². The summed E-state index contributed by atoms with van der Waals surface area (Å²) in [6.45, 7) is 15.6. The minimum absolute atomic E-state index is 0. The smallest absolute Gasteiger partial charge is 0.509 e. The molecular formula is C44H44N4OPt. The Labute approximate surface area is 310 Å². The number of hydrogen-bond acceptors (Lipinski definition) is 3. The van der Waals surface area contributed by atoms with Gasteiger partial charge in [-0.3, -0.25) is 4.68 Å². The molecule has 7 aromatic rings. The monoisotopic (exact) mass is 839 g/mol. The minimum Gasteiger partial charge on any atom is -0.509 e. The molecule has 7 rings (SSSR count). The van der Waals surface area contributed by atoms with Crippen LogP contribution in [0.5, 0.6) is 11.5 Å². The largest absolute Gasteiger partial charge is 2.00 e. The maximum absolute atomic E-state index is 6.61. The van der Waals surface area contributed by atoms with Crippen LogP contribution in [0.1, 0.15) is 70.7 Å². The summed E-state index contributed by atoms with van der Waals surface area (Å²) in [4.78, 5) is 4.83. The van der Waals surface area contributed by atoms with Gasteiger partial charge in [-0.15, -0.1) is 35.7 Å². The third-order valence-electron chi connectivity index (χ3n) is 9.27. The molecule has 0 atom stereocenters. The summed E-state index contributed by atoms with van der Waals surface area (Å²) in [5, 5.41) is 7.09. The summed E-state index contributed by atoms with van der Waals surface area (Å²) >= 11 is 0. The first-order valence-corrected chi connectivity index (χ1v) is 17.5. The number of nitrogens with zero attached hydrogens (tertiary/aromatic N) is 4. The van der Waals surface area contributed by atoms with E-state index in [0.29, 0.717) is 17.4 Å². The molecule has 256 valence electrons. The predicted octanol–water partition coefficient (Wildman–Crippen LogP) is 11.0. The quantitative estimate of drug-likeness (QED) is 0.136. The van der Waals surface area contributed by atoms with Crippen molar-refractivity contribution in [2.24, 2.45) is 5.92 Å². The molecule has 5 nitrogen and oxygen atoms in total. The molecule has 3 aromatic heterocycles. The van der Waals surface area contributed by atoms with Crippen molar-refractivity contribution < 1.29 is 25.8 Å². The van der Waals surface area contributed by atoms with Gasteiger partial charge in [0.05, 0.1) is 6.20 Å². The fraction of sp³-hybridized carbons (Fsp3) is 0.273. The molecule has 3 heterocycles. The molecule has 0 amide bonds. The van der Waals surface area contributed by atoms with E-state index < -0.39 is 0 Å². The Morgan fingerprint density at radius 2 is 1.58 bits per heavy atom. The predicted molar refractivity (Wildman–Crippen MR) is 201 cm³/mol. The van der Waals surface area contributed by atoms with Gasteiger partial charge in [0.25, 0.3) is 0 Å². The summed E-state index contributed by atoms with van der Waals surface area (Å²) in [7, 11) is 0. The van der Waals surface area contributed by atoms with Gasteiger partial charge in [-0.2, -0.15) is 16.7 Å². The number of ether oxygens (including phenoxy) is 1. The summed E-state index contributed by atoms with van der Waals surface area (Å²) in [6, 6.07) is 34.9. The molecule has 0 bridgehead atoms. The third kappa shape index (κ3) is 6.94. The van der Waals surface area contributed by atoms with Crippen LogP contribution in [-0.4, -0.2) is 19.3 Å². The number of hydrogen-bond donors (Lipinski definition) is 0. The Bertz CT molecular complexity index is 2270. The van der Waals surface area contributed by atoms with E-state index in [4.69, 9.17) is 14.8 Å². The van der Waals surface area contributed by atoms with Crippen molar-refractivity contribution in [3.8, 4) is 34.1 Å². The van der Waals surface area contributed by atoms with Crippen molar-refractivity contribution in [1.82, 2.24) is 19.3 Å². The zero-order chi connectivity index (χ0) is 34.3. The normalized spacial score (nSPS) is 11.8. The maximum atomic E-state index is 6.61. The number of benzene rings is 4. The number of rotatable bonds is 9. The average Bonchev–Trinajstić information content (AvgIpc) is 3.70. The summed E-state index contributed by atoms with van der Waals surface area (Å²) in [5.41, 5.74) is 10.3. The first-order valence-electron chi connectivity index (χ1n) is 17.5. The van der Waals surface area contributed by atoms with Gasteiger partial charge < -0.3 is 9.30 Å². The van der Waals surface area contributed by atoms with E-state index >= 15 is 0 Å². The van der Waals surface area contributed by atoms with Crippen LogP contribution < -0.4 is 4.74 Å². The zero-order valence-corrected chi connectivity index (χ0v) is 32.2. The van der Waals surface area contributed by atoms with Crippen molar-refractivity contribution >= 4 is 21.8 Å². The molecule has 0 saturated carbocycles. The van der Waals surface area contributed by atoms with Crippen molar-refractivity contribution in [3.63, 3.8) is 0 Å². The second-order valence-corrected chi connectivity index (χ2v) is 14.4. The molecule has 50 heavy (non-hydrogen) atoms. The second-order valence-electron chi connectivity index (χ2n) is 14.4. The number of para-hydroxylation sites is 1. The van der Waals surface area contributed by atoms with Gasteiger partial charge in [0, 0.05) is 35.0 Å². The Kier molecular flexibility index (Phi) is 10.2. The Balaban J connectivity index is 0.00000432. The average molecular weight is 840 g/mol. The van der Waals surface area contributed by atoms with E-state index in [1.165, 1.54) is 27.8 Å². The summed E-state index contributed by atoms with van der Waals surface area (Å²) in [5.74, 6) is 2.61. The molecule has 0 spiro atoms. The van der Waals surface area contributed by atoms with Crippen LogP contribution >= 0.6 is 0 Å². The molecule has 0 aliphatic carbocycles. The molecule has 0 unspecified atom stereocenters. The van der Waals surface area contributed by atoms with E-state index in [2.05, 4.69) is 144 Å². The Morgan fingerprint density at radius 1 is 0.820 bits per heavy atom. The molecule has 4 aromatic carbocycles. The zero-order valence-electron chi connectivity index (χ0n) is 29.9. The second kappa shape index (κ2) is 14.4. The van der Waals surface area contributed by atoms with Crippen LogP contribution in [0.25, 0.3) is 44.4 Å². The molecule has 0 radical (unpaired) electrons. The molecule has 0 N–H and O–H groups in total. The van der Waals surface area contributed by atoms with Gasteiger partial charge in [-0.25, -0.2) is 4.98 Å². The van der Waals surface area contributed by atoms with Gasteiger partial charge in [-0.05, 0) is 82.1 Å². The minimum atomic E-state index is -0.00397. The van der Waals surface area contributed by atoms with E-state index in [-0.39, 0.29) is 26.5 Å². The van der Waals surface area contributed by atoms with Crippen molar-refractivity contribution in [1.29, 1.82) is 0 Å². The fourth-order valence-electron chi connectivity index (χ4n) is 6.85. The van der Waals surface area contributed by atoms with E-state index in [1.54, 1.807) is 0 Å². The van der Waals surface area contributed by atoms with Gasteiger partial charge >= 0.3 is 21.1 Å². The summed E-state index contributed by atoms with van der Waals surface area (Å²) < 4.78 is 10.7. The molecular weight excluding hydrogens is 796 g/mol. The van der Waals surface area contributed by atoms with E-state index in [1.807, 2.05) is 23.1 Å². The van der Waals surface area contributed by atoms with E-state index in [9.17, 15) is 0 Å². The Morgan fingerprint density at radius 3 is 2.30 bits per heavy atom. The molecule has 0 fully saturated rings. The van der Waals surface area contributed by atoms with Gasteiger partial charge in [0.2, 0.25) is 0 Å². The fourth-order valence-corrected chi connectivity index (χ4v) is 6.85. The van der Waals surface area contributed by atoms with E-state index in [0.717, 1.165) is 58.1 Å². The van der Waals surface area contributed by atoms with Crippen molar-refractivity contribution in [2.75, 3.05) is 0 Å². The van der Waals surface area contributed by atoms with Crippen LogP contribution in [0.15, 0.2) is 97.5 Å². The molecule has 0 aliphatic rings. The first-order chi connectivity index (χ1) is 23.6. The van der Waals surface area contributed by atoms with Crippen molar-refractivity contribution in [2.45, 2.75) is 73.1 Å². The van der Waals surface area contributed by atoms with Gasteiger partial charge in [0.15, 0.2) is 0 Å². The van der Waals surface area contributed by atoms with Crippen molar-refractivity contribution in [3.05, 3.63) is 132 Å². The van der Waals surface area contributed by atoms with Crippen LogP contribution in [0.4, 0.5) is 0 Å². The third-order valence-corrected chi connectivity index (χ3v) is 9.27. The van der Waals surface area contributed by atoms with Gasteiger partial charge in [0.1, 0.15) is 5.82 Å². The number of pyridine rings is 1.